The van der Waals surface area contributed by atoms with E-state index in [9.17, 15) is 4.79 Å². The molecule has 1 amide bonds. The summed E-state index contributed by atoms with van der Waals surface area (Å²) in [5, 5.41) is 3.15. The van der Waals surface area contributed by atoms with Crippen LogP contribution in [0.3, 0.4) is 0 Å². The summed E-state index contributed by atoms with van der Waals surface area (Å²) in [6.45, 7) is 1.02. The molecular weight excluding hydrogens is 439 g/mol. The molecule has 3 N–H and O–H groups in total. The quantitative estimate of drug-likeness (QED) is 0.417. The first kappa shape index (κ1) is 18.7. The average molecular weight is 462 g/mol. The molecule has 1 aliphatic carbocycles. The van der Waals surface area contributed by atoms with E-state index < -0.39 is 0 Å². The lowest BCUT2D eigenvalue weighted by Crippen LogP contribution is -2.31. The molecule has 2 aromatic carbocycles. The van der Waals surface area contributed by atoms with Gasteiger partial charge in [0.2, 0.25) is 5.91 Å². The molecule has 0 radical (unpaired) electrons. The largest absolute Gasteiger partial charge is 0.370 e. The first-order chi connectivity index (χ1) is 12.2. The fourth-order valence-electron chi connectivity index (χ4n) is 3.67. The van der Waals surface area contributed by atoms with Gasteiger partial charge < -0.3 is 16.0 Å². The number of halogens is 1. The molecule has 2 aliphatic rings. The number of guanidine groups is 1. The third-order valence-electron chi connectivity index (χ3n) is 4.90. The number of carbonyl (C=O) groups excluding carboxylic acids is 1. The minimum Gasteiger partial charge on any atom is -0.370 e. The van der Waals surface area contributed by atoms with Gasteiger partial charge in [-0.3, -0.25) is 9.79 Å². The second-order valence-electron chi connectivity index (χ2n) is 6.58. The van der Waals surface area contributed by atoms with Gasteiger partial charge in [-0.25, -0.2) is 0 Å². The van der Waals surface area contributed by atoms with Crippen molar-refractivity contribution in [3.8, 4) is 0 Å². The van der Waals surface area contributed by atoms with E-state index in [4.69, 9.17) is 5.73 Å². The van der Waals surface area contributed by atoms with Crippen molar-refractivity contribution in [2.45, 2.75) is 25.7 Å². The summed E-state index contributed by atoms with van der Waals surface area (Å²) < 4.78 is 0. The topological polar surface area (TPSA) is 70.7 Å². The van der Waals surface area contributed by atoms with Gasteiger partial charge in [-0.15, -0.1) is 24.0 Å². The fourth-order valence-corrected chi connectivity index (χ4v) is 3.67. The van der Waals surface area contributed by atoms with Crippen molar-refractivity contribution >= 4 is 47.2 Å². The molecule has 136 valence electrons. The molecule has 0 unspecified atom stereocenters. The Hall–Kier alpha value is -2.09. The van der Waals surface area contributed by atoms with Crippen LogP contribution in [0.2, 0.25) is 0 Å². The van der Waals surface area contributed by atoms with Gasteiger partial charge in [0.05, 0.1) is 13.0 Å². The molecule has 5 nitrogen and oxygen atoms in total. The van der Waals surface area contributed by atoms with Crippen molar-refractivity contribution in [3.05, 3.63) is 59.2 Å². The molecule has 26 heavy (non-hydrogen) atoms. The first-order valence-electron chi connectivity index (χ1n) is 8.78. The van der Waals surface area contributed by atoms with Crippen molar-refractivity contribution in [1.82, 2.24) is 0 Å². The summed E-state index contributed by atoms with van der Waals surface area (Å²) in [6, 6.07) is 14.3. The van der Waals surface area contributed by atoms with Crippen molar-refractivity contribution in [2.75, 3.05) is 23.3 Å². The van der Waals surface area contributed by atoms with Gasteiger partial charge in [-0.05, 0) is 54.2 Å². The predicted octanol–water partition coefficient (Wildman–Crippen LogP) is 3.11. The number of fused-ring (bicyclic) bond motifs is 2. The Bertz CT molecular complexity index is 849. The van der Waals surface area contributed by atoms with E-state index in [1.807, 2.05) is 30.3 Å². The van der Waals surface area contributed by atoms with Crippen molar-refractivity contribution in [1.29, 1.82) is 0 Å². The van der Waals surface area contributed by atoms with E-state index in [1.54, 1.807) is 4.90 Å². The number of aryl methyl sites for hydroxylation is 2. The maximum atomic E-state index is 12.1. The minimum atomic E-state index is 0. The Morgan fingerprint density at radius 3 is 2.81 bits per heavy atom. The van der Waals surface area contributed by atoms with Gasteiger partial charge in [0.1, 0.15) is 0 Å². The van der Waals surface area contributed by atoms with Crippen LogP contribution in [-0.2, 0) is 24.1 Å². The smallest absolute Gasteiger partial charge is 0.231 e. The second-order valence-corrected chi connectivity index (χ2v) is 6.58. The van der Waals surface area contributed by atoms with Crippen LogP contribution in [0, 0.1) is 0 Å². The van der Waals surface area contributed by atoms with E-state index in [1.165, 1.54) is 24.0 Å². The summed E-state index contributed by atoms with van der Waals surface area (Å²) in [4.78, 5) is 18.3. The van der Waals surface area contributed by atoms with Gasteiger partial charge in [-0.1, -0.05) is 24.3 Å². The Morgan fingerprint density at radius 1 is 1.12 bits per heavy atom. The lowest BCUT2D eigenvalue weighted by molar-refractivity contribution is -0.117. The number of para-hydroxylation sites is 1. The fraction of sp³-hybridized carbons (Fsp3) is 0.300. The number of nitrogens with zero attached hydrogens (tertiary/aromatic N) is 2. The van der Waals surface area contributed by atoms with E-state index in [-0.39, 0.29) is 29.9 Å². The Kier molecular flexibility index (Phi) is 5.80. The number of carbonyl (C=O) groups is 1. The van der Waals surface area contributed by atoms with Crippen LogP contribution in [0.4, 0.5) is 11.4 Å². The molecule has 6 heteroatoms. The highest BCUT2D eigenvalue weighted by atomic mass is 127. The number of benzene rings is 2. The molecule has 2 aromatic rings. The summed E-state index contributed by atoms with van der Waals surface area (Å²) in [5.74, 6) is 0.513. The molecule has 0 spiro atoms. The first-order valence-corrected chi connectivity index (χ1v) is 8.78. The maximum Gasteiger partial charge on any atom is 0.231 e. The molecular formula is C20H23IN4O. The standard InChI is InChI=1S/C20H22N4O.HI/c21-20(23-17-9-8-14-5-3-6-15(14)12-17)22-10-11-24-18-7-2-1-4-16(18)13-19(24)25;/h1-2,4,7-9,12H,3,5-6,10-11,13H2,(H3,21,22,23);1H. The normalized spacial score (nSPS) is 15.5. The molecule has 4 rings (SSSR count). The predicted molar refractivity (Wildman–Crippen MR) is 116 cm³/mol. The van der Waals surface area contributed by atoms with Crippen LogP contribution in [0.25, 0.3) is 0 Å². The number of aliphatic imine (C=N–C) groups is 1. The average Bonchev–Trinajstić information content (AvgIpc) is 3.19. The zero-order valence-corrected chi connectivity index (χ0v) is 16.9. The summed E-state index contributed by atoms with van der Waals surface area (Å²) >= 11 is 0. The number of nitrogens with one attached hydrogen (secondary N) is 1. The molecule has 1 aliphatic heterocycles. The highest BCUT2D eigenvalue weighted by Gasteiger charge is 2.25. The highest BCUT2D eigenvalue weighted by Crippen LogP contribution is 2.28. The van der Waals surface area contributed by atoms with E-state index in [2.05, 4.69) is 22.4 Å². The zero-order chi connectivity index (χ0) is 17.2. The van der Waals surface area contributed by atoms with Crippen molar-refractivity contribution in [2.24, 2.45) is 10.7 Å². The van der Waals surface area contributed by atoms with Crippen molar-refractivity contribution < 1.29 is 4.79 Å². The maximum absolute atomic E-state index is 12.1. The highest BCUT2D eigenvalue weighted by molar-refractivity contribution is 14.0. The lowest BCUT2D eigenvalue weighted by atomic mass is 10.1. The Labute approximate surface area is 170 Å². The van der Waals surface area contributed by atoms with Gasteiger partial charge in [0.15, 0.2) is 5.96 Å². The third-order valence-corrected chi connectivity index (χ3v) is 4.90. The lowest BCUT2D eigenvalue weighted by Gasteiger charge is -2.16. The van der Waals surface area contributed by atoms with Gasteiger partial charge >= 0.3 is 0 Å². The summed E-state index contributed by atoms with van der Waals surface area (Å²) in [5.41, 5.74) is 11.9. The van der Waals surface area contributed by atoms with Crippen LogP contribution in [0.5, 0.6) is 0 Å². The van der Waals surface area contributed by atoms with Crippen LogP contribution in [0.15, 0.2) is 47.5 Å². The number of rotatable bonds is 4. The summed E-state index contributed by atoms with van der Waals surface area (Å²) in [6.07, 6.45) is 4.01. The molecule has 0 saturated heterocycles. The van der Waals surface area contributed by atoms with E-state index in [0.717, 1.165) is 23.4 Å². The number of anilines is 2. The summed E-state index contributed by atoms with van der Waals surface area (Å²) in [7, 11) is 0. The monoisotopic (exact) mass is 462 g/mol. The molecule has 0 aromatic heterocycles. The molecule has 1 heterocycles. The van der Waals surface area contributed by atoms with Crippen LogP contribution < -0.4 is 16.0 Å². The molecule has 0 atom stereocenters. The van der Waals surface area contributed by atoms with Crippen LogP contribution in [-0.4, -0.2) is 25.0 Å². The number of hydrogen-bond donors (Lipinski definition) is 2. The van der Waals surface area contributed by atoms with Gasteiger partial charge in [0, 0.05) is 17.9 Å². The third kappa shape index (κ3) is 3.85. The number of hydrogen-bond acceptors (Lipinski definition) is 2. The van der Waals surface area contributed by atoms with Crippen molar-refractivity contribution in [3.63, 3.8) is 0 Å². The zero-order valence-electron chi connectivity index (χ0n) is 14.6. The number of nitrogens with two attached hydrogens (primary N) is 1. The van der Waals surface area contributed by atoms with Crippen LogP contribution >= 0.6 is 24.0 Å². The minimum absolute atomic E-state index is 0. The van der Waals surface area contributed by atoms with Gasteiger partial charge in [0.25, 0.3) is 0 Å². The molecule has 0 fully saturated rings. The Morgan fingerprint density at radius 2 is 1.92 bits per heavy atom. The van der Waals surface area contributed by atoms with E-state index >= 15 is 0 Å². The second kappa shape index (κ2) is 8.07. The SMILES string of the molecule is I.NC(=NCCN1C(=O)Cc2ccccc21)Nc1ccc2c(c1)CCC2. The molecule has 0 saturated carbocycles. The number of amides is 1. The van der Waals surface area contributed by atoms with Gasteiger partial charge in [-0.2, -0.15) is 0 Å². The molecule has 0 bridgehead atoms. The Balaban J connectivity index is 0.00000196. The van der Waals surface area contributed by atoms with E-state index in [0.29, 0.717) is 25.5 Å². The van der Waals surface area contributed by atoms with Crippen LogP contribution in [0.1, 0.15) is 23.1 Å².